The normalized spacial score (nSPS) is 14.0. The molecule has 1 aliphatic heterocycles. The summed E-state index contributed by atoms with van der Waals surface area (Å²) in [6, 6.07) is 33.3. The molecule has 45 heavy (non-hydrogen) atoms. The van der Waals surface area contributed by atoms with Crippen molar-refractivity contribution in [3.05, 3.63) is 132 Å². The first-order valence-corrected chi connectivity index (χ1v) is 14.2. The third-order valence-corrected chi connectivity index (χ3v) is 7.35. The molecule has 8 rings (SSSR count). The summed E-state index contributed by atoms with van der Waals surface area (Å²) in [5.74, 6) is 3.17. The van der Waals surface area contributed by atoms with Gasteiger partial charge < -0.3 is 23.9 Å². The van der Waals surface area contributed by atoms with E-state index in [0.29, 0.717) is 40.2 Å². The van der Waals surface area contributed by atoms with Crippen molar-refractivity contribution < 1.29 is 42.2 Å². The van der Waals surface area contributed by atoms with Gasteiger partial charge in [-0.15, -0.1) is 53.6 Å². The number of hydrogen-bond acceptors (Lipinski definition) is 5. The molecule has 0 spiro atoms. The van der Waals surface area contributed by atoms with Gasteiger partial charge in [-0.25, -0.2) is 0 Å². The van der Waals surface area contributed by atoms with Crippen LogP contribution in [0.15, 0.2) is 108 Å². The average Bonchev–Trinajstić information content (AvgIpc) is 3.50. The van der Waals surface area contributed by atoms with E-state index in [9.17, 15) is 0 Å². The number of aryl methyl sites for hydroxylation is 2. The molecule has 0 fully saturated rings. The van der Waals surface area contributed by atoms with Crippen molar-refractivity contribution >= 4 is 21.9 Å². The Hall–Kier alpha value is -4.77. The molecule has 1 aliphatic rings. The molecule has 0 saturated carbocycles. The van der Waals surface area contributed by atoms with Gasteiger partial charge in [0, 0.05) is 40.7 Å². The standard InChI is InChI=1S/C26H18NO3.C13H12N.Ir/c1-15(2)16-12-13-27-19(14-16)17-6-5-7-18-24-22(30-25(17)18)10-11-23-26(24)29-21-9-4-3-8-20(21)28-23;1-10-3-6-12(7-4-10)13-8-5-11(2)9-14-13;/h3-5,7-15H,1-2H3;3-6,8-9H,1-2H3;/q2*-1;/i;1D3,2D3;. The van der Waals surface area contributed by atoms with Gasteiger partial charge in [-0.3, -0.25) is 0 Å². The molecule has 0 amide bonds. The molecule has 225 valence electrons. The van der Waals surface area contributed by atoms with E-state index < -0.39 is 13.7 Å². The monoisotopic (exact) mass is 773 g/mol. The summed E-state index contributed by atoms with van der Waals surface area (Å²) in [7, 11) is 0. The molecule has 0 aliphatic carbocycles. The molecule has 0 N–H and O–H groups in total. The van der Waals surface area contributed by atoms with Crippen LogP contribution in [0.1, 0.15) is 44.7 Å². The second kappa shape index (κ2) is 12.7. The van der Waals surface area contributed by atoms with Crippen molar-refractivity contribution in [3.63, 3.8) is 0 Å². The number of furan rings is 1. The van der Waals surface area contributed by atoms with Crippen molar-refractivity contribution in [2.24, 2.45) is 0 Å². The van der Waals surface area contributed by atoms with Crippen molar-refractivity contribution in [2.75, 3.05) is 0 Å². The maximum absolute atomic E-state index is 7.28. The molecule has 5 nitrogen and oxygen atoms in total. The predicted molar refractivity (Wildman–Crippen MR) is 174 cm³/mol. The van der Waals surface area contributed by atoms with Gasteiger partial charge in [-0.2, -0.15) is 0 Å². The van der Waals surface area contributed by atoms with Gasteiger partial charge in [0.15, 0.2) is 23.0 Å². The minimum Gasteiger partial charge on any atom is -0.500 e. The number of ether oxygens (including phenoxy) is 2. The zero-order valence-corrected chi connectivity index (χ0v) is 26.7. The molecule has 0 bridgehead atoms. The van der Waals surface area contributed by atoms with Crippen LogP contribution in [0, 0.1) is 25.8 Å². The smallest absolute Gasteiger partial charge is 0.180 e. The molecule has 6 heteroatoms. The Morgan fingerprint density at radius 2 is 1.60 bits per heavy atom. The van der Waals surface area contributed by atoms with Crippen molar-refractivity contribution in [3.8, 4) is 45.5 Å². The molecule has 1 radical (unpaired) electrons. The Balaban J connectivity index is 0.000000188. The van der Waals surface area contributed by atoms with E-state index in [2.05, 4.69) is 42.0 Å². The molecular weight excluding hydrogens is 737 g/mol. The molecule has 7 aromatic rings. The number of aromatic nitrogens is 2. The van der Waals surface area contributed by atoms with Crippen LogP contribution in [0.4, 0.5) is 0 Å². The van der Waals surface area contributed by atoms with Gasteiger partial charge in [-0.1, -0.05) is 67.5 Å². The molecular formula is C39H30IrN2O3-2. The first-order valence-electron chi connectivity index (χ1n) is 17.2. The third-order valence-electron chi connectivity index (χ3n) is 7.35. The van der Waals surface area contributed by atoms with E-state index in [0.717, 1.165) is 33.2 Å². The van der Waals surface area contributed by atoms with Crippen LogP contribution >= 0.6 is 0 Å². The van der Waals surface area contributed by atoms with Crippen LogP contribution < -0.4 is 9.47 Å². The van der Waals surface area contributed by atoms with E-state index >= 15 is 0 Å². The summed E-state index contributed by atoms with van der Waals surface area (Å²) < 4.78 is 62.2. The zero-order valence-electron chi connectivity index (χ0n) is 30.3. The Bertz CT molecular complexity index is 2280. The number of hydrogen-bond donors (Lipinski definition) is 0. The number of pyridine rings is 2. The zero-order chi connectivity index (χ0) is 35.2. The van der Waals surface area contributed by atoms with Crippen molar-refractivity contribution in [2.45, 2.75) is 33.5 Å². The summed E-state index contributed by atoms with van der Waals surface area (Å²) in [6.45, 7) is 0.00601. The second-order valence-electron chi connectivity index (χ2n) is 10.7. The predicted octanol–water partition coefficient (Wildman–Crippen LogP) is 10.6. The van der Waals surface area contributed by atoms with E-state index in [1.807, 2.05) is 60.8 Å². The molecule has 0 unspecified atom stereocenters. The fraction of sp³-hybridized carbons (Fsp3) is 0.128. The van der Waals surface area contributed by atoms with Crippen LogP contribution in [-0.2, 0) is 20.1 Å². The van der Waals surface area contributed by atoms with Gasteiger partial charge >= 0.3 is 0 Å². The van der Waals surface area contributed by atoms with Crippen LogP contribution in [0.3, 0.4) is 0 Å². The van der Waals surface area contributed by atoms with Gasteiger partial charge in [0.2, 0.25) is 0 Å². The number of rotatable bonds is 3. The van der Waals surface area contributed by atoms with Crippen molar-refractivity contribution in [1.82, 2.24) is 9.97 Å². The summed E-state index contributed by atoms with van der Waals surface area (Å²) in [5.41, 5.74) is 5.96. The van der Waals surface area contributed by atoms with Crippen molar-refractivity contribution in [1.29, 1.82) is 0 Å². The number of nitrogens with zero attached hydrogens (tertiary/aromatic N) is 2. The Morgan fingerprint density at radius 1 is 0.778 bits per heavy atom. The van der Waals surface area contributed by atoms with Crippen LogP contribution in [0.25, 0.3) is 44.5 Å². The van der Waals surface area contributed by atoms with Gasteiger partial charge in [-0.05, 0) is 60.1 Å². The van der Waals surface area contributed by atoms with E-state index in [1.54, 1.807) is 12.1 Å². The minimum atomic E-state index is -2.18. The van der Waals surface area contributed by atoms with Crippen LogP contribution in [0.2, 0.25) is 0 Å². The van der Waals surface area contributed by atoms with E-state index in [4.69, 9.17) is 22.1 Å². The Labute approximate surface area is 284 Å². The third kappa shape index (κ3) is 6.00. The molecule has 0 atom stereocenters. The first-order chi connectivity index (χ1) is 23.9. The van der Waals surface area contributed by atoms with Gasteiger partial charge in [0.1, 0.15) is 5.58 Å². The second-order valence-corrected chi connectivity index (χ2v) is 10.7. The summed E-state index contributed by atoms with van der Waals surface area (Å²) >= 11 is 0. The topological polar surface area (TPSA) is 57.4 Å². The fourth-order valence-corrected chi connectivity index (χ4v) is 5.08. The molecule has 3 aromatic heterocycles. The summed E-state index contributed by atoms with van der Waals surface area (Å²) in [5, 5.41) is 1.85. The maximum Gasteiger partial charge on any atom is 0.180 e. The van der Waals surface area contributed by atoms with Crippen LogP contribution in [-0.4, -0.2) is 9.97 Å². The maximum atomic E-state index is 7.28. The molecule has 0 saturated heterocycles. The quantitative estimate of drug-likeness (QED) is 0.167. The molecule has 4 heterocycles. The molecule has 4 aromatic carbocycles. The van der Waals surface area contributed by atoms with E-state index in [1.165, 1.54) is 30.0 Å². The average molecular weight is 773 g/mol. The Morgan fingerprint density at radius 3 is 2.33 bits per heavy atom. The SMILES string of the molecule is CC(C)c1ccnc(-c2[c-]ccc3c2oc2ccc4c(c23)Oc2ccccc2O4)c1.[2H]C([2H])([2H])c1c[c-]c(-c2ccc(C([2H])([2H])[2H])cn2)cc1.[Ir]. The Kier molecular flexibility index (Phi) is 6.65. The largest absolute Gasteiger partial charge is 0.500 e. The van der Waals surface area contributed by atoms with Gasteiger partial charge in [0.25, 0.3) is 0 Å². The van der Waals surface area contributed by atoms with E-state index in [-0.39, 0.29) is 31.2 Å². The number of benzene rings is 4. The summed E-state index contributed by atoms with van der Waals surface area (Å²) in [4.78, 5) is 8.66. The fourth-order valence-electron chi connectivity index (χ4n) is 5.08. The minimum absolute atomic E-state index is 0. The first kappa shape index (κ1) is 23.6. The van der Waals surface area contributed by atoms with Crippen LogP contribution in [0.5, 0.6) is 23.0 Å². The van der Waals surface area contributed by atoms with Gasteiger partial charge in [0.05, 0.1) is 11.0 Å². The number of fused-ring (bicyclic) bond motifs is 6. The summed E-state index contributed by atoms with van der Waals surface area (Å²) in [6.07, 6.45) is 3.14. The number of para-hydroxylation sites is 2.